The topological polar surface area (TPSA) is 81.5 Å². The van der Waals surface area contributed by atoms with Crippen LogP contribution in [0.2, 0.25) is 0 Å². The number of ether oxygens (including phenoxy) is 1. The van der Waals surface area contributed by atoms with Gasteiger partial charge in [0, 0.05) is 35.6 Å². The molecule has 3 aromatic heterocycles. The minimum atomic E-state index is 0.223. The Kier molecular flexibility index (Phi) is 4.42. The second kappa shape index (κ2) is 7.03. The first kappa shape index (κ1) is 17.0. The fraction of sp³-hybridized carbons (Fsp3) is 0.200. The SMILES string of the molecule is C=Cc1c(OCc2nccnc2-c2ccnn2C(C)C)ccc2cn[nH]c12. The highest BCUT2D eigenvalue weighted by atomic mass is 16.5. The van der Waals surface area contributed by atoms with E-state index in [2.05, 4.69) is 45.7 Å². The third kappa shape index (κ3) is 3.08. The maximum Gasteiger partial charge on any atom is 0.133 e. The van der Waals surface area contributed by atoms with Gasteiger partial charge in [0.05, 0.1) is 17.4 Å². The predicted molar refractivity (Wildman–Crippen MR) is 104 cm³/mol. The summed E-state index contributed by atoms with van der Waals surface area (Å²) in [5.41, 5.74) is 4.22. The van der Waals surface area contributed by atoms with Crippen LogP contribution in [0.15, 0.2) is 49.6 Å². The molecule has 0 radical (unpaired) electrons. The van der Waals surface area contributed by atoms with Crippen LogP contribution in [0.1, 0.15) is 31.1 Å². The van der Waals surface area contributed by atoms with Crippen molar-refractivity contribution in [3.63, 3.8) is 0 Å². The number of nitrogens with zero attached hydrogens (tertiary/aromatic N) is 5. The van der Waals surface area contributed by atoms with Crippen LogP contribution in [0, 0.1) is 0 Å². The summed E-state index contributed by atoms with van der Waals surface area (Å²) in [5, 5.41) is 12.5. The number of hydrogen-bond acceptors (Lipinski definition) is 5. The van der Waals surface area contributed by atoms with Gasteiger partial charge in [-0.1, -0.05) is 12.7 Å². The third-order valence-electron chi connectivity index (χ3n) is 4.36. The van der Waals surface area contributed by atoms with E-state index in [-0.39, 0.29) is 12.6 Å². The Balaban J connectivity index is 1.67. The molecule has 0 aliphatic heterocycles. The Hall–Kier alpha value is -3.48. The number of rotatable bonds is 6. The highest BCUT2D eigenvalue weighted by molar-refractivity contribution is 5.89. The molecule has 3 heterocycles. The van der Waals surface area contributed by atoms with Crippen molar-refractivity contribution in [2.45, 2.75) is 26.5 Å². The summed E-state index contributed by atoms with van der Waals surface area (Å²) in [4.78, 5) is 9.00. The Morgan fingerprint density at radius 1 is 1.19 bits per heavy atom. The molecule has 4 aromatic rings. The van der Waals surface area contributed by atoms with Crippen LogP contribution >= 0.6 is 0 Å². The number of aromatic amines is 1. The van der Waals surface area contributed by atoms with E-state index < -0.39 is 0 Å². The van der Waals surface area contributed by atoms with E-state index in [4.69, 9.17) is 4.74 Å². The zero-order chi connectivity index (χ0) is 18.8. The van der Waals surface area contributed by atoms with Crippen LogP contribution in [0.4, 0.5) is 0 Å². The maximum atomic E-state index is 6.08. The summed E-state index contributed by atoms with van der Waals surface area (Å²) in [6.45, 7) is 8.35. The molecule has 0 unspecified atom stereocenters. The van der Waals surface area contributed by atoms with Gasteiger partial charge in [0.1, 0.15) is 23.7 Å². The van der Waals surface area contributed by atoms with Crippen molar-refractivity contribution in [1.29, 1.82) is 0 Å². The number of benzene rings is 1. The number of nitrogens with one attached hydrogen (secondary N) is 1. The molecule has 0 amide bonds. The van der Waals surface area contributed by atoms with E-state index in [1.807, 2.05) is 22.9 Å². The Morgan fingerprint density at radius 2 is 2.04 bits per heavy atom. The van der Waals surface area contributed by atoms with Crippen LogP contribution in [0.3, 0.4) is 0 Å². The van der Waals surface area contributed by atoms with E-state index in [0.29, 0.717) is 0 Å². The largest absolute Gasteiger partial charge is 0.487 e. The summed E-state index contributed by atoms with van der Waals surface area (Å²) in [7, 11) is 0. The number of hydrogen-bond donors (Lipinski definition) is 1. The van der Waals surface area contributed by atoms with Gasteiger partial charge in [-0.2, -0.15) is 10.2 Å². The molecular formula is C20H20N6O. The lowest BCUT2D eigenvalue weighted by molar-refractivity contribution is 0.301. The summed E-state index contributed by atoms with van der Waals surface area (Å²) in [5.74, 6) is 0.718. The molecule has 136 valence electrons. The first-order valence-electron chi connectivity index (χ1n) is 8.74. The molecule has 7 nitrogen and oxygen atoms in total. The molecular weight excluding hydrogens is 340 g/mol. The smallest absolute Gasteiger partial charge is 0.133 e. The van der Waals surface area contributed by atoms with Crippen LogP contribution in [-0.4, -0.2) is 29.9 Å². The Morgan fingerprint density at radius 3 is 2.85 bits per heavy atom. The molecule has 0 bridgehead atoms. The Labute approximate surface area is 156 Å². The highest BCUT2D eigenvalue weighted by Crippen LogP contribution is 2.29. The molecule has 0 fully saturated rings. The zero-order valence-corrected chi connectivity index (χ0v) is 15.3. The summed E-state index contributed by atoms with van der Waals surface area (Å²) < 4.78 is 8.01. The van der Waals surface area contributed by atoms with Crippen molar-refractivity contribution < 1.29 is 4.74 Å². The van der Waals surface area contributed by atoms with Crippen molar-refractivity contribution in [1.82, 2.24) is 29.9 Å². The fourth-order valence-electron chi connectivity index (χ4n) is 3.09. The van der Waals surface area contributed by atoms with Gasteiger partial charge in [0.15, 0.2) is 0 Å². The van der Waals surface area contributed by atoms with Crippen molar-refractivity contribution in [2.24, 2.45) is 0 Å². The van der Waals surface area contributed by atoms with Crippen LogP contribution in [0.5, 0.6) is 5.75 Å². The third-order valence-corrected chi connectivity index (χ3v) is 4.36. The second-order valence-corrected chi connectivity index (χ2v) is 6.41. The van der Waals surface area contributed by atoms with E-state index in [1.165, 1.54) is 0 Å². The normalized spacial score (nSPS) is 11.2. The molecule has 0 aliphatic carbocycles. The van der Waals surface area contributed by atoms with Crippen molar-refractivity contribution in [2.75, 3.05) is 0 Å². The lowest BCUT2D eigenvalue weighted by Crippen LogP contribution is -2.09. The van der Waals surface area contributed by atoms with Crippen molar-refractivity contribution in [3.8, 4) is 17.1 Å². The van der Waals surface area contributed by atoms with Gasteiger partial charge in [0.25, 0.3) is 0 Å². The standard InChI is InChI=1S/C20H20N6O/c1-4-15-18(6-5-14-11-23-25-19(14)15)27-12-16-20(22-10-9-21-16)17-7-8-24-26(17)13(2)3/h4-11,13H,1,12H2,2-3H3,(H,23,25). The van der Waals surface area contributed by atoms with Crippen molar-refractivity contribution >= 4 is 17.0 Å². The monoisotopic (exact) mass is 360 g/mol. The average Bonchev–Trinajstić information content (AvgIpc) is 3.35. The molecule has 0 spiro atoms. The average molecular weight is 360 g/mol. The quantitative estimate of drug-likeness (QED) is 0.562. The van der Waals surface area contributed by atoms with Gasteiger partial charge in [0.2, 0.25) is 0 Å². The minimum Gasteiger partial charge on any atom is -0.487 e. The van der Waals surface area contributed by atoms with E-state index in [9.17, 15) is 0 Å². The van der Waals surface area contributed by atoms with Crippen molar-refractivity contribution in [3.05, 3.63) is 60.8 Å². The highest BCUT2D eigenvalue weighted by Gasteiger charge is 2.16. The molecule has 7 heteroatoms. The lowest BCUT2D eigenvalue weighted by Gasteiger charge is -2.14. The Bertz CT molecular complexity index is 1090. The fourth-order valence-corrected chi connectivity index (χ4v) is 3.09. The van der Waals surface area contributed by atoms with E-state index >= 15 is 0 Å². The van der Waals surface area contributed by atoms with Gasteiger partial charge >= 0.3 is 0 Å². The van der Waals surface area contributed by atoms with Gasteiger partial charge in [-0.25, -0.2) is 0 Å². The van der Waals surface area contributed by atoms with Crippen LogP contribution in [-0.2, 0) is 6.61 Å². The van der Waals surface area contributed by atoms with Gasteiger partial charge < -0.3 is 4.74 Å². The minimum absolute atomic E-state index is 0.223. The summed E-state index contributed by atoms with van der Waals surface area (Å²) in [6.07, 6.45) is 8.67. The number of aromatic nitrogens is 6. The van der Waals surface area contributed by atoms with Gasteiger partial charge in [-0.3, -0.25) is 19.7 Å². The molecule has 0 saturated carbocycles. The second-order valence-electron chi connectivity index (χ2n) is 6.41. The molecule has 0 aliphatic rings. The number of H-pyrrole nitrogens is 1. The lowest BCUT2D eigenvalue weighted by atomic mass is 10.1. The van der Waals surface area contributed by atoms with Crippen LogP contribution in [0.25, 0.3) is 28.4 Å². The zero-order valence-electron chi connectivity index (χ0n) is 15.3. The summed E-state index contributed by atoms with van der Waals surface area (Å²) in [6, 6.07) is 6.05. The van der Waals surface area contributed by atoms with Gasteiger partial charge in [-0.05, 0) is 32.0 Å². The van der Waals surface area contributed by atoms with Crippen LogP contribution < -0.4 is 4.74 Å². The molecule has 1 aromatic carbocycles. The molecule has 0 atom stereocenters. The van der Waals surface area contributed by atoms with E-state index in [1.54, 1.807) is 30.9 Å². The first-order chi connectivity index (χ1) is 13.2. The first-order valence-corrected chi connectivity index (χ1v) is 8.74. The van der Waals surface area contributed by atoms with Gasteiger partial charge in [-0.15, -0.1) is 0 Å². The molecule has 1 N–H and O–H groups in total. The summed E-state index contributed by atoms with van der Waals surface area (Å²) >= 11 is 0. The maximum absolute atomic E-state index is 6.08. The molecule has 4 rings (SSSR count). The predicted octanol–water partition coefficient (Wildman–Crippen LogP) is 4.02. The molecule has 0 saturated heterocycles. The molecule has 27 heavy (non-hydrogen) atoms. The number of fused-ring (bicyclic) bond motifs is 1. The van der Waals surface area contributed by atoms with E-state index in [0.717, 1.165) is 39.3 Å².